The predicted molar refractivity (Wildman–Crippen MR) is 92.0 cm³/mol. The number of nitrogens with one attached hydrogen (secondary N) is 1. The second-order valence-electron chi connectivity index (χ2n) is 6.46. The minimum Gasteiger partial charge on any atom is -0.391 e. The summed E-state index contributed by atoms with van der Waals surface area (Å²) in [4.78, 5) is 4.06. The summed E-state index contributed by atoms with van der Waals surface area (Å²) < 4.78 is 42.8. The van der Waals surface area contributed by atoms with Gasteiger partial charge in [-0.15, -0.1) is 5.10 Å². The Morgan fingerprint density at radius 3 is 2.79 bits per heavy atom. The van der Waals surface area contributed by atoms with E-state index in [0.29, 0.717) is 3.57 Å². The molecule has 5 nitrogen and oxygen atoms in total. The quantitative estimate of drug-likeness (QED) is 0.697. The molecule has 0 saturated heterocycles. The van der Waals surface area contributed by atoms with Crippen molar-refractivity contribution in [2.75, 3.05) is 5.32 Å². The first-order chi connectivity index (χ1) is 11.2. The van der Waals surface area contributed by atoms with Crippen LogP contribution in [0.5, 0.6) is 0 Å². The van der Waals surface area contributed by atoms with Crippen LogP contribution in [-0.2, 0) is 0 Å². The third-order valence-corrected chi connectivity index (χ3v) is 5.28. The number of aliphatic hydroxyl groups excluding tert-OH is 1. The molecule has 2 N–H and O–H groups in total. The second kappa shape index (κ2) is 6.32. The zero-order chi connectivity index (χ0) is 17.6. The van der Waals surface area contributed by atoms with E-state index in [1.165, 1.54) is 10.7 Å². The van der Waals surface area contributed by atoms with Gasteiger partial charge < -0.3 is 10.4 Å². The van der Waals surface area contributed by atoms with Gasteiger partial charge in [-0.2, -0.15) is 0 Å². The molecular weight excluding hydrogens is 436 g/mol. The van der Waals surface area contributed by atoms with E-state index in [0.717, 1.165) is 5.69 Å². The van der Waals surface area contributed by atoms with Gasteiger partial charge >= 0.3 is 0 Å². The van der Waals surface area contributed by atoms with E-state index < -0.39 is 24.5 Å². The number of nitrogens with zero attached hydrogens (tertiary/aromatic N) is 3. The lowest BCUT2D eigenvalue weighted by Crippen LogP contribution is -2.44. The van der Waals surface area contributed by atoms with Crippen LogP contribution in [0.3, 0.4) is 0 Å². The molecular formula is C15H18F3IN4O. The van der Waals surface area contributed by atoms with Gasteiger partial charge in [0, 0.05) is 12.8 Å². The normalized spacial score (nSPS) is 23.8. The molecule has 132 valence electrons. The van der Waals surface area contributed by atoms with Crippen LogP contribution in [0.15, 0.2) is 6.20 Å². The highest BCUT2D eigenvalue weighted by atomic mass is 127. The molecule has 1 fully saturated rings. The van der Waals surface area contributed by atoms with Gasteiger partial charge in [-0.25, -0.2) is 22.7 Å². The highest BCUT2D eigenvalue weighted by Gasteiger charge is 2.41. The lowest BCUT2D eigenvalue weighted by Gasteiger charge is -2.33. The number of rotatable bonds is 3. The Labute approximate surface area is 150 Å². The van der Waals surface area contributed by atoms with Crippen LogP contribution in [-0.4, -0.2) is 37.8 Å². The van der Waals surface area contributed by atoms with E-state index in [4.69, 9.17) is 0 Å². The summed E-state index contributed by atoms with van der Waals surface area (Å²) in [7, 11) is 0. The van der Waals surface area contributed by atoms with E-state index >= 15 is 0 Å². The third kappa shape index (κ3) is 3.19. The first kappa shape index (κ1) is 17.7. The molecule has 0 spiro atoms. The Kier molecular flexibility index (Phi) is 4.67. The van der Waals surface area contributed by atoms with Crippen molar-refractivity contribution in [3.63, 3.8) is 0 Å². The molecule has 3 rings (SSSR count). The van der Waals surface area contributed by atoms with Crippen molar-refractivity contribution >= 4 is 34.1 Å². The van der Waals surface area contributed by atoms with Gasteiger partial charge in [-0.3, -0.25) is 0 Å². The summed E-state index contributed by atoms with van der Waals surface area (Å²) in [5.41, 5.74) is 0.994. The molecule has 0 radical (unpaired) electrons. The smallest absolute Gasteiger partial charge is 0.250 e. The molecule has 0 unspecified atom stereocenters. The minimum absolute atomic E-state index is 0.0515. The van der Waals surface area contributed by atoms with Crippen molar-refractivity contribution in [3.8, 4) is 0 Å². The molecule has 2 aromatic heterocycles. The van der Waals surface area contributed by atoms with Crippen LogP contribution in [0.4, 0.5) is 19.1 Å². The maximum Gasteiger partial charge on any atom is 0.250 e. The van der Waals surface area contributed by atoms with Gasteiger partial charge in [-0.05, 0) is 34.9 Å². The SMILES string of the molecule is CC(C)c1c(I)c(F)c2cnc(N[C@@H]3CCC(F)(F)C[C@H]3O)nn12. The fraction of sp³-hybridized carbons (Fsp3) is 0.600. The van der Waals surface area contributed by atoms with Crippen LogP contribution >= 0.6 is 22.6 Å². The summed E-state index contributed by atoms with van der Waals surface area (Å²) in [5, 5.41) is 17.1. The van der Waals surface area contributed by atoms with E-state index in [1.807, 2.05) is 36.4 Å². The van der Waals surface area contributed by atoms with E-state index in [-0.39, 0.29) is 36.0 Å². The Balaban J connectivity index is 1.90. The van der Waals surface area contributed by atoms with Gasteiger partial charge in [0.1, 0.15) is 5.52 Å². The number of aromatic nitrogens is 3. The maximum absolute atomic E-state index is 14.3. The first-order valence-corrected chi connectivity index (χ1v) is 8.82. The predicted octanol–water partition coefficient (Wildman–Crippen LogP) is 3.56. The van der Waals surface area contributed by atoms with Crippen molar-refractivity contribution in [3.05, 3.63) is 21.3 Å². The molecule has 24 heavy (non-hydrogen) atoms. The molecule has 0 aliphatic heterocycles. The standard InChI is InChI=1S/C15H18F3IN4O/c1-7(2)13-12(19)11(16)9-6-20-14(22-23(9)13)21-8-3-4-15(17,18)5-10(8)24/h6-8,10,24H,3-5H2,1-2H3,(H,21,22)/t8-,10-/m1/s1. The van der Waals surface area contributed by atoms with E-state index in [2.05, 4.69) is 15.4 Å². The molecule has 0 amide bonds. The maximum atomic E-state index is 14.3. The monoisotopic (exact) mass is 454 g/mol. The lowest BCUT2D eigenvalue weighted by molar-refractivity contribution is -0.0800. The van der Waals surface area contributed by atoms with Crippen molar-refractivity contribution in [2.24, 2.45) is 0 Å². The average Bonchev–Trinajstić information content (AvgIpc) is 2.73. The van der Waals surface area contributed by atoms with Gasteiger partial charge in [-0.1, -0.05) is 13.8 Å². The molecule has 1 saturated carbocycles. The van der Waals surface area contributed by atoms with E-state index in [1.54, 1.807) is 0 Å². The number of alkyl halides is 2. The summed E-state index contributed by atoms with van der Waals surface area (Å²) in [6, 6.07) is -0.552. The fourth-order valence-corrected chi connectivity index (χ4v) is 4.14. The Morgan fingerprint density at radius 1 is 1.46 bits per heavy atom. The summed E-state index contributed by atoms with van der Waals surface area (Å²) >= 11 is 1.94. The minimum atomic E-state index is -2.84. The molecule has 2 aromatic rings. The number of hydrogen-bond acceptors (Lipinski definition) is 4. The molecule has 2 atom stereocenters. The van der Waals surface area contributed by atoms with Crippen molar-refractivity contribution in [1.82, 2.24) is 14.6 Å². The van der Waals surface area contributed by atoms with E-state index in [9.17, 15) is 18.3 Å². The lowest BCUT2D eigenvalue weighted by atomic mass is 9.90. The molecule has 1 aliphatic rings. The molecule has 9 heteroatoms. The van der Waals surface area contributed by atoms with Crippen LogP contribution < -0.4 is 5.32 Å². The zero-order valence-electron chi connectivity index (χ0n) is 13.2. The first-order valence-electron chi connectivity index (χ1n) is 7.74. The second-order valence-corrected chi connectivity index (χ2v) is 7.54. The van der Waals surface area contributed by atoms with Gasteiger partial charge in [0.25, 0.3) is 5.92 Å². The molecule has 1 aliphatic carbocycles. The van der Waals surface area contributed by atoms with Crippen LogP contribution in [0.2, 0.25) is 0 Å². The van der Waals surface area contributed by atoms with Gasteiger partial charge in [0.05, 0.1) is 27.6 Å². The topological polar surface area (TPSA) is 62.5 Å². The Bertz CT molecular complexity index is 765. The van der Waals surface area contributed by atoms with Crippen molar-refractivity contribution < 1.29 is 18.3 Å². The van der Waals surface area contributed by atoms with Gasteiger partial charge in [0.15, 0.2) is 5.82 Å². The van der Waals surface area contributed by atoms with Crippen molar-refractivity contribution in [1.29, 1.82) is 0 Å². The third-order valence-electron chi connectivity index (χ3n) is 4.26. The van der Waals surface area contributed by atoms with Crippen LogP contribution in [0.1, 0.15) is 44.7 Å². The number of hydrogen-bond donors (Lipinski definition) is 2. The molecule has 0 aromatic carbocycles. The number of anilines is 1. The van der Waals surface area contributed by atoms with Crippen molar-refractivity contribution in [2.45, 2.75) is 57.1 Å². The number of fused-ring (bicyclic) bond motifs is 1. The average molecular weight is 454 g/mol. The number of halogens is 4. The Morgan fingerprint density at radius 2 is 2.17 bits per heavy atom. The molecule has 0 bridgehead atoms. The summed E-state index contributed by atoms with van der Waals surface area (Å²) in [6.07, 6.45) is -0.580. The largest absolute Gasteiger partial charge is 0.391 e. The Hall–Kier alpha value is -1.10. The highest BCUT2D eigenvalue weighted by Crippen LogP contribution is 2.34. The number of aliphatic hydroxyl groups is 1. The molecule has 2 heterocycles. The van der Waals surface area contributed by atoms with Crippen LogP contribution in [0, 0.1) is 9.39 Å². The van der Waals surface area contributed by atoms with Gasteiger partial charge in [0.2, 0.25) is 5.95 Å². The zero-order valence-corrected chi connectivity index (χ0v) is 15.4. The van der Waals surface area contributed by atoms with Crippen LogP contribution in [0.25, 0.3) is 5.52 Å². The fourth-order valence-electron chi connectivity index (χ4n) is 3.01. The summed E-state index contributed by atoms with van der Waals surface area (Å²) in [5.74, 6) is -2.98. The highest BCUT2D eigenvalue weighted by molar-refractivity contribution is 14.1. The summed E-state index contributed by atoms with van der Waals surface area (Å²) in [6.45, 7) is 3.87.